The van der Waals surface area contributed by atoms with Crippen LogP contribution in [0.25, 0.3) is 0 Å². The van der Waals surface area contributed by atoms with Crippen LogP contribution in [0.4, 0.5) is 4.39 Å². The summed E-state index contributed by atoms with van der Waals surface area (Å²) in [5.74, 6) is -0.439. The fraction of sp³-hybridized carbons (Fsp3) is 0.500. The van der Waals surface area contributed by atoms with Crippen LogP contribution in [0, 0.1) is 12.9 Å². The van der Waals surface area contributed by atoms with Gasteiger partial charge in [-0.1, -0.05) is 20.8 Å². The fourth-order valence-corrected chi connectivity index (χ4v) is 1.63. The summed E-state index contributed by atoms with van der Waals surface area (Å²) in [6.07, 6.45) is 0. The van der Waals surface area contributed by atoms with E-state index in [0.29, 0.717) is 4.47 Å². The third kappa shape index (κ3) is 2.27. The van der Waals surface area contributed by atoms with E-state index in [1.165, 1.54) is 0 Å². The third-order valence-corrected chi connectivity index (χ3v) is 2.49. The van der Waals surface area contributed by atoms with Crippen LogP contribution in [-0.4, -0.2) is 4.98 Å². The Balaban J connectivity index is 3.32. The van der Waals surface area contributed by atoms with Gasteiger partial charge in [-0.3, -0.25) is 0 Å². The molecular weight excluding hydrogens is 233 g/mol. The highest BCUT2D eigenvalue weighted by Crippen LogP contribution is 2.28. The summed E-state index contributed by atoms with van der Waals surface area (Å²) >= 11 is 3.14. The molecule has 0 aliphatic heterocycles. The quantitative estimate of drug-likeness (QED) is 0.637. The van der Waals surface area contributed by atoms with E-state index >= 15 is 0 Å². The summed E-state index contributed by atoms with van der Waals surface area (Å²) in [6, 6.07) is 1.80. The number of aromatic nitrogens is 1. The Morgan fingerprint density at radius 1 is 1.38 bits per heavy atom. The molecule has 3 heteroatoms. The molecule has 0 saturated carbocycles. The molecule has 0 spiro atoms. The Bertz CT molecular complexity index is 328. The van der Waals surface area contributed by atoms with Gasteiger partial charge >= 0.3 is 0 Å². The number of rotatable bonds is 0. The van der Waals surface area contributed by atoms with Crippen molar-refractivity contribution in [3.8, 4) is 0 Å². The van der Waals surface area contributed by atoms with E-state index in [0.717, 1.165) is 11.3 Å². The molecule has 0 N–H and O–H groups in total. The minimum atomic E-state index is -0.439. The topological polar surface area (TPSA) is 12.9 Å². The SMILES string of the molecule is Cc1nc(F)c(Br)cc1C(C)(C)C. The molecule has 0 aliphatic rings. The number of halogens is 2. The summed E-state index contributed by atoms with van der Waals surface area (Å²) in [4.78, 5) is 3.83. The monoisotopic (exact) mass is 245 g/mol. The molecule has 1 rings (SSSR count). The van der Waals surface area contributed by atoms with E-state index in [-0.39, 0.29) is 5.41 Å². The van der Waals surface area contributed by atoms with Gasteiger partial charge in [-0.15, -0.1) is 0 Å². The van der Waals surface area contributed by atoms with Crippen LogP contribution in [0.5, 0.6) is 0 Å². The molecule has 0 unspecified atom stereocenters. The summed E-state index contributed by atoms with van der Waals surface area (Å²) in [6.45, 7) is 8.08. The second-order valence-electron chi connectivity index (χ2n) is 4.14. The maximum atomic E-state index is 13.0. The number of aryl methyl sites for hydroxylation is 1. The predicted octanol–water partition coefficient (Wildman–Crippen LogP) is 3.59. The average molecular weight is 246 g/mol. The fourth-order valence-electron chi connectivity index (χ4n) is 1.31. The largest absolute Gasteiger partial charge is 0.227 e. The van der Waals surface area contributed by atoms with E-state index in [1.807, 2.05) is 6.92 Å². The van der Waals surface area contributed by atoms with Gasteiger partial charge in [0, 0.05) is 5.69 Å². The van der Waals surface area contributed by atoms with Crippen molar-refractivity contribution in [2.75, 3.05) is 0 Å². The summed E-state index contributed by atoms with van der Waals surface area (Å²) in [5, 5.41) is 0. The van der Waals surface area contributed by atoms with Gasteiger partial charge in [0.25, 0.3) is 0 Å². The van der Waals surface area contributed by atoms with Crippen molar-refractivity contribution in [3.05, 3.63) is 27.7 Å². The van der Waals surface area contributed by atoms with Crippen LogP contribution >= 0.6 is 15.9 Å². The van der Waals surface area contributed by atoms with Crippen molar-refractivity contribution >= 4 is 15.9 Å². The molecule has 0 aliphatic carbocycles. The van der Waals surface area contributed by atoms with Crippen LogP contribution in [0.3, 0.4) is 0 Å². The zero-order valence-corrected chi connectivity index (χ0v) is 9.87. The Kier molecular flexibility index (Phi) is 2.76. The smallest absolute Gasteiger partial charge is 0.224 e. The van der Waals surface area contributed by atoms with Crippen LogP contribution in [-0.2, 0) is 5.41 Å². The lowest BCUT2D eigenvalue weighted by molar-refractivity contribution is 0.546. The standard InChI is InChI=1S/C10H13BrFN/c1-6-7(10(2,3)4)5-8(11)9(12)13-6/h5H,1-4H3. The number of pyridine rings is 1. The van der Waals surface area contributed by atoms with Gasteiger partial charge in [-0.2, -0.15) is 4.39 Å². The first kappa shape index (κ1) is 10.6. The third-order valence-electron chi connectivity index (χ3n) is 1.93. The predicted molar refractivity (Wildman–Crippen MR) is 55.3 cm³/mol. The van der Waals surface area contributed by atoms with E-state index in [4.69, 9.17) is 0 Å². The van der Waals surface area contributed by atoms with Crippen molar-refractivity contribution in [2.24, 2.45) is 0 Å². The molecule has 0 fully saturated rings. The van der Waals surface area contributed by atoms with Crippen molar-refractivity contribution in [2.45, 2.75) is 33.1 Å². The van der Waals surface area contributed by atoms with Crippen LogP contribution in [0.2, 0.25) is 0 Å². The summed E-state index contributed by atoms with van der Waals surface area (Å²) in [7, 11) is 0. The Hall–Kier alpha value is -0.440. The lowest BCUT2D eigenvalue weighted by Gasteiger charge is -2.21. The highest BCUT2D eigenvalue weighted by atomic mass is 79.9. The summed E-state index contributed by atoms with van der Waals surface area (Å²) < 4.78 is 13.4. The molecule has 0 bridgehead atoms. The zero-order chi connectivity index (χ0) is 10.2. The second-order valence-corrected chi connectivity index (χ2v) is 5.00. The van der Waals surface area contributed by atoms with E-state index in [2.05, 4.69) is 41.7 Å². The molecular formula is C10H13BrFN. The highest BCUT2D eigenvalue weighted by Gasteiger charge is 2.18. The second kappa shape index (κ2) is 3.37. The molecule has 72 valence electrons. The van der Waals surface area contributed by atoms with Crippen molar-refractivity contribution < 1.29 is 4.39 Å². The maximum absolute atomic E-state index is 13.0. The minimum absolute atomic E-state index is 0.00725. The van der Waals surface area contributed by atoms with E-state index < -0.39 is 5.95 Å². The molecule has 0 radical (unpaired) electrons. The van der Waals surface area contributed by atoms with Gasteiger partial charge in [-0.25, -0.2) is 4.98 Å². The molecule has 13 heavy (non-hydrogen) atoms. The Morgan fingerprint density at radius 3 is 2.38 bits per heavy atom. The number of hydrogen-bond donors (Lipinski definition) is 0. The first-order chi connectivity index (χ1) is 5.82. The highest BCUT2D eigenvalue weighted by molar-refractivity contribution is 9.10. The van der Waals surface area contributed by atoms with Crippen molar-refractivity contribution in [1.82, 2.24) is 4.98 Å². The molecule has 0 aromatic carbocycles. The van der Waals surface area contributed by atoms with Gasteiger partial charge in [0.2, 0.25) is 5.95 Å². The van der Waals surface area contributed by atoms with Crippen LogP contribution in [0.15, 0.2) is 10.5 Å². The molecule has 0 amide bonds. The zero-order valence-electron chi connectivity index (χ0n) is 8.28. The first-order valence-electron chi connectivity index (χ1n) is 4.15. The average Bonchev–Trinajstić information content (AvgIpc) is 1.94. The maximum Gasteiger partial charge on any atom is 0.227 e. The van der Waals surface area contributed by atoms with E-state index in [1.54, 1.807) is 6.07 Å². The Morgan fingerprint density at radius 2 is 1.92 bits per heavy atom. The molecule has 1 heterocycles. The molecule has 0 saturated heterocycles. The first-order valence-corrected chi connectivity index (χ1v) is 4.95. The lowest BCUT2D eigenvalue weighted by Crippen LogP contribution is -2.14. The van der Waals surface area contributed by atoms with Crippen LogP contribution in [0.1, 0.15) is 32.0 Å². The van der Waals surface area contributed by atoms with Gasteiger partial charge in [-0.05, 0) is 39.9 Å². The number of nitrogens with zero attached hydrogens (tertiary/aromatic N) is 1. The van der Waals surface area contributed by atoms with Gasteiger partial charge < -0.3 is 0 Å². The Labute approximate surface area is 86.5 Å². The minimum Gasteiger partial charge on any atom is -0.224 e. The van der Waals surface area contributed by atoms with Gasteiger partial charge in [0.15, 0.2) is 0 Å². The van der Waals surface area contributed by atoms with Gasteiger partial charge in [0.05, 0.1) is 4.47 Å². The van der Waals surface area contributed by atoms with Crippen LogP contribution < -0.4 is 0 Å². The molecule has 1 aromatic heterocycles. The van der Waals surface area contributed by atoms with Gasteiger partial charge in [0.1, 0.15) is 0 Å². The summed E-state index contributed by atoms with van der Waals surface area (Å²) in [5.41, 5.74) is 1.84. The molecule has 1 nitrogen and oxygen atoms in total. The molecule has 0 atom stereocenters. The number of hydrogen-bond acceptors (Lipinski definition) is 1. The van der Waals surface area contributed by atoms with Crippen molar-refractivity contribution in [1.29, 1.82) is 0 Å². The molecule has 1 aromatic rings. The van der Waals surface area contributed by atoms with Crippen molar-refractivity contribution in [3.63, 3.8) is 0 Å². The normalized spacial score (nSPS) is 11.8. The van der Waals surface area contributed by atoms with E-state index in [9.17, 15) is 4.39 Å². The lowest BCUT2D eigenvalue weighted by atomic mass is 9.86.